The molecule has 0 radical (unpaired) electrons. The summed E-state index contributed by atoms with van der Waals surface area (Å²) in [6.45, 7) is 1.60. The molecule has 1 aromatic heterocycles. The Morgan fingerprint density at radius 1 is 1.27 bits per heavy atom. The molecular formula is C15H14ClNO4S. The first-order chi connectivity index (χ1) is 10.5. The van der Waals surface area contributed by atoms with Gasteiger partial charge >= 0.3 is 5.97 Å². The third-order valence-electron chi connectivity index (χ3n) is 2.80. The number of anilines is 1. The van der Waals surface area contributed by atoms with Crippen LogP contribution in [-0.2, 0) is 9.53 Å². The third kappa shape index (κ3) is 3.78. The van der Waals surface area contributed by atoms with E-state index in [-0.39, 0.29) is 5.91 Å². The Kier molecular flexibility index (Phi) is 5.41. The number of amides is 1. The minimum absolute atomic E-state index is 0.334. The zero-order valence-electron chi connectivity index (χ0n) is 12.0. The predicted octanol–water partition coefficient (Wildman–Crippen LogP) is 3.59. The molecule has 0 aliphatic carbocycles. The monoisotopic (exact) mass is 339 g/mol. The molecule has 0 aliphatic rings. The fourth-order valence-corrected chi connectivity index (χ4v) is 2.62. The van der Waals surface area contributed by atoms with Crippen molar-refractivity contribution in [2.24, 2.45) is 0 Å². The molecule has 1 heterocycles. The lowest BCUT2D eigenvalue weighted by Gasteiger charge is -2.15. The third-order valence-corrected chi connectivity index (χ3v) is 4.01. The summed E-state index contributed by atoms with van der Waals surface area (Å²) in [4.78, 5) is 24.1. The van der Waals surface area contributed by atoms with Crippen LogP contribution in [0.5, 0.6) is 5.75 Å². The first-order valence-corrected chi connectivity index (χ1v) is 7.66. The van der Waals surface area contributed by atoms with Gasteiger partial charge in [-0.3, -0.25) is 4.79 Å². The zero-order valence-corrected chi connectivity index (χ0v) is 13.5. The SMILES string of the molecule is COC(=O)c1sccc1NC(=O)C(C)Oc1ccccc1Cl. The highest BCUT2D eigenvalue weighted by Crippen LogP contribution is 2.26. The molecule has 1 aromatic carbocycles. The van der Waals surface area contributed by atoms with E-state index in [0.29, 0.717) is 21.3 Å². The molecule has 1 unspecified atom stereocenters. The molecule has 0 fully saturated rings. The molecule has 116 valence electrons. The number of ether oxygens (including phenoxy) is 2. The molecule has 1 atom stereocenters. The molecule has 0 aliphatic heterocycles. The van der Waals surface area contributed by atoms with Gasteiger partial charge in [-0.05, 0) is 30.5 Å². The van der Waals surface area contributed by atoms with Crippen molar-refractivity contribution in [2.75, 3.05) is 12.4 Å². The van der Waals surface area contributed by atoms with Crippen LogP contribution >= 0.6 is 22.9 Å². The molecule has 0 spiro atoms. The van der Waals surface area contributed by atoms with Gasteiger partial charge in [0, 0.05) is 0 Å². The largest absolute Gasteiger partial charge is 0.479 e. The molecule has 5 nitrogen and oxygen atoms in total. The van der Waals surface area contributed by atoms with Crippen LogP contribution in [0.4, 0.5) is 5.69 Å². The highest BCUT2D eigenvalue weighted by molar-refractivity contribution is 7.12. The number of nitrogens with one attached hydrogen (secondary N) is 1. The summed E-state index contributed by atoms with van der Waals surface area (Å²) in [5.41, 5.74) is 0.399. The summed E-state index contributed by atoms with van der Waals surface area (Å²) in [5.74, 6) is -0.459. The number of thiophene rings is 1. The first kappa shape index (κ1) is 16.3. The van der Waals surface area contributed by atoms with E-state index in [9.17, 15) is 9.59 Å². The second kappa shape index (κ2) is 7.29. The number of halogens is 1. The standard InChI is InChI=1S/C15H14ClNO4S/c1-9(21-12-6-4-3-5-10(12)16)14(18)17-11-7-8-22-13(11)15(19)20-2/h3-9H,1-2H3,(H,17,18). The van der Waals surface area contributed by atoms with Crippen molar-refractivity contribution >= 4 is 40.5 Å². The predicted molar refractivity (Wildman–Crippen MR) is 85.8 cm³/mol. The summed E-state index contributed by atoms with van der Waals surface area (Å²) in [6.07, 6.45) is -0.773. The number of carbonyl (C=O) groups excluding carboxylic acids is 2. The first-order valence-electron chi connectivity index (χ1n) is 6.40. The van der Waals surface area contributed by atoms with Crippen molar-refractivity contribution < 1.29 is 19.1 Å². The van der Waals surface area contributed by atoms with Gasteiger partial charge in [-0.1, -0.05) is 23.7 Å². The molecule has 1 amide bonds. The van der Waals surface area contributed by atoms with Gasteiger partial charge in [-0.2, -0.15) is 0 Å². The number of methoxy groups -OCH3 is 1. The molecule has 2 aromatic rings. The lowest BCUT2D eigenvalue weighted by molar-refractivity contribution is -0.122. The Balaban J connectivity index is 2.05. The van der Waals surface area contributed by atoms with Gasteiger partial charge < -0.3 is 14.8 Å². The van der Waals surface area contributed by atoms with Crippen LogP contribution < -0.4 is 10.1 Å². The molecule has 7 heteroatoms. The Morgan fingerprint density at radius 2 is 2.00 bits per heavy atom. The van der Waals surface area contributed by atoms with Crippen LogP contribution in [0, 0.1) is 0 Å². The van der Waals surface area contributed by atoms with Gasteiger partial charge in [0.2, 0.25) is 0 Å². The van der Waals surface area contributed by atoms with Crippen LogP contribution in [-0.4, -0.2) is 25.1 Å². The molecule has 0 saturated heterocycles. The fraction of sp³-hybridized carbons (Fsp3) is 0.200. The molecular weight excluding hydrogens is 326 g/mol. The second-order valence-electron chi connectivity index (χ2n) is 4.33. The zero-order chi connectivity index (χ0) is 16.1. The van der Waals surface area contributed by atoms with Gasteiger partial charge in [0.25, 0.3) is 5.91 Å². The van der Waals surface area contributed by atoms with E-state index in [2.05, 4.69) is 10.1 Å². The minimum Gasteiger partial charge on any atom is -0.479 e. The van der Waals surface area contributed by atoms with Crippen molar-refractivity contribution in [3.05, 3.63) is 45.6 Å². The number of hydrogen-bond acceptors (Lipinski definition) is 5. The highest BCUT2D eigenvalue weighted by Gasteiger charge is 2.20. The van der Waals surface area contributed by atoms with Gasteiger partial charge in [0.1, 0.15) is 10.6 Å². The fourth-order valence-electron chi connectivity index (χ4n) is 1.68. The van der Waals surface area contributed by atoms with Crippen LogP contribution in [0.1, 0.15) is 16.6 Å². The number of para-hydroxylation sites is 1. The summed E-state index contributed by atoms with van der Waals surface area (Å²) in [7, 11) is 1.29. The quantitative estimate of drug-likeness (QED) is 0.845. The van der Waals surface area contributed by atoms with E-state index in [1.54, 1.807) is 42.6 Å². The van der Waals surface area contributed by atoms with E-state index in [4.69, 9.17) is 16.3 Å². The molecule has 0 saturated carbocycles. The van der Waals surface area contributed by atoms with Gasteiger partial charge in [0.05, 0.1) is 17.8 Å². The molecule has 1 N–H and O–H groups in total. The molecule has 0 bridgehead atoms. The van der Waals surface area contributed by atoms with Gasteiger partial charge in [-0.15, -0.1) is 11.3 Å². The lowest BCUT2D eigenvalue weighted by Crippen LogP contribution is -2.30. The smallest absolute Gasteiger partial charge is 0.350 e. The number of esters is 1. The van der Waals surface area contributed by atoms with E-state index in [1.165, 1.54) is 18.4 Å². The summed E-state index contributed by atoms with van der Waals surface area (Å²) < 4.78 is 10.2. The van der Waals surface area contributed by atoms with Crippen molar-refractivity contribution in [2.45, 2.75) is 13.0 Å². The van der Waals surface area contributed by atoms with Gasteiger partial charge in [-0.25, -0.2) is 4.79 Å². The Hall–Kier alpha value is -2.05. The lowest BCUT2D eigenvalue weighted by atomic mass is 10.3. The molecule has 22 heavy (non-hydrogen) atoms. The average Bonchev–Trinajstić information content (AvgIpc) is 2.96. The van der Waals surface area contributed by atoms with Crippen molar-refractivity contribution in [3.63, 3.8) is 0 Å². The molecule has 2 rings (SSSR count). The van der Waals surface area contributed by atoms with Crippen LogP contribution in [0.3, 0.4) is 0 Å². The number of rotatable bonds is 5. The Labute approximate surface area is 136 Å². The Morgan fingerprint density at radius 3 is 2.68 bits per heavy atom. The maximum atomic E-state index is 12.2. The second-order valence-corrected chi connectivity index (χ2v) is 5.66. The Bertz CT molecular complexity index is 686. The number of hydrogen-bond donors (Lipinski definition) is 1. The van der Waals surface area contributed by atoms with E-state index in [0.717, 1.165) is 0 Å². The van der Waals surface area contributed by atoms with Gasteiger partial charge in [0.15, 0.2) is 6.10 Å². The highest BCUT2D eigenvalue weighted by atomic mass is 35.5. The van der Waals surface area contributed by atoms with E-state index >= 15 is 0 Å². The van der Waals surface area contributed by atoms with Crippen molar-refractivity contribution in [3.8, 4) is 5.75 Å². The van der Waals surface area contributed by atoms with Crippen LogP contribution in [0.2, 0.25) is 5.02 Å². The number of carbonyl (C=O) groups is 2. The normalized spacial score (nSPS) is 11.6. The maximum Gasteiger partial charge on any atom is 0.350 e. The van der Waals surface area contributed by atoms with Crippen molar-refractivity contribution in [1.82, 2.24) is 0 Å². The summed E-state index contributed by atoms with van der Waals surface area (Å²) in [6, 6.07) is 8.53. The topological polar surface area (TPSA) is 64.6 Å². The summed E-state index contributed by atoms with van der Waals surface area (Å²) >= 11 is 7.18. The average molecular weight is 340 g/mol. The maximum absolute atomic E-state index is 12.2. The number of benzene rings is 1. The van der Waals surface area contributed by atoms with Crippen molar-refractivity contribution in [1.29, 1.82) is 0 Å². The van der Waals surface area contributed by atoms with Crippen LogP contribution in [0.15, 0.2) is 35.7 Å². The summed E-state index contributed by atoms with van der Waals surface area (Å²) in [5, 5.41) is 4.77. The minimum atomic E-state index is -0.773. The van der Waals surface area contributed by atoms with E-state index < -0.39 is 12.1 Å². The van der Waals surface area contributed by atoms with E-state index in [1.807, 2.05) is 0 Å². The van der Waals surface area contributed by atoms with Crippen LogP contribution in [0.25, 0.3) is 0 Å².